The second-order valence-corrected chi connectivity index (χ2v) is 3.00. The topological polar surface area (TPSA) is 66.4 Å². The lowest BCUT2D eigenvalue weighted by Gasteiger charge is -2.06. The highest BCUT2D eigenvalue weighted by atomic mass is 16.3. The molecule has 1 fully saturated rings. The van der Waals surface area contributed by atoms with Crippen LogP contribution in [0.5, 0.6) is 0 Å². The fraction of sp³-hybridized carbons (Fsp3) is 0.750. The van der Waals surface area contributed by atoms with E-state index in [9.17, 15) is 4.79 Å². The zero-order valence-corrected chi connectivity index (χ0v) is 13.4. The van der Waals surface area contributed by atoms with E-state index in [0.717, 1.165) is 13.0 Å². The first-order valence-corrected chi connectivity index (χ1v) is 7.07. The van der Waals surface area contributed by atoms with E-state index in [1.165, 1.54) is 12.8 Å². The van der Waals surface area contributed by atoms with E-state index in [1.54, 1.807) is 0 Å². The minimum absolute atomic E-state index is 0. The average molecular weight is 291 g/mol. The van der Waals surface area contributed by atoms with Crippen molar-refractivity contribution in [3.63, 3.8) is 0 Å². The van der Waals surface area contributed by atoms with Gasteiger partial charge in [-0.25, -0.2) is 0 Å². The smallest absolute Gasteiger partial charge is 0.290 e. The molecule has 20 heavy (non-hydrogen) atoms. The second kappa shape index (κ2) is 36.1. The van der Waals surface area contributed by atoms with Crippen molar-refractivity contribution in [3.8, 4) is 0 Å². The van der Waals surface area contributed by atoms with E-state index in [2.05, 4.69) is 18.5 Å². The number of carbonyl (C=O) groups is 2. The number of nitrogens with one attached hydrogen (secondary N) is 1. The summed E-state index contributed by atoms with van der Waals surface area (Å²) >= 11 is 0. The van der Waals surface area contributed by atoms with E-state index >= 15 is 0 Å². The summed E-state index contributed by atoms with van der Waals surface area (Å²) in [7, 11) is 0. The van der Waals surface area contributed by atoms with E-state index in [1.807, 2.05) is 34.6 Å². The van der Waals surface area contributed by atoms with Crippen molar-refractivity contribution in [2.24, 2.45) is 0 Å². The SMILES string of the molecule is C.C=C.CC.CC.CCC(=O)CC1CCCN1.O=CO. The summed E-state index contributed by atoms with van der Waals surface area (Å²) in [5.41, 5.74) is 0. The number of ketones is 1. The maximum Gasteiger partial charge on any atom is 0.290 e. The van der Waals surface area contributed by atoms with Crippen molar-refractivity contribution in [1.82, 2.24) is 5.32 Å². The van der Waals surface area contributed by atoms with Crippen LogP contribution in [-0.2, 0) is 9.59 Å². The summed E-state index contributed by atoms with van der Waals surface area (Å²) < 4.78 is 0. The molecule has 0 saturated carbocycles. The number of carbonyl (C=O) groups excluding carboxylic acids is 1. The number of hydrogen-bond donors (Lipinski definition) is 2. The predicted octanol–water partition coefficient (Wildman–Crippen LogP) is 4.30. The molecule has 0 aromatic rings. The van der Waals surface area contributed by atoms with Crippen LogP contribution in [0.2, 0.25) is 0 Å². The molecule has 0 spiro atoms. The van der Waals surface area contributed by atoms with Crippen LogP contribution >= 0.6 is 0 Å². The summed E-state index contributed by atoms with van der Waals surface area (Å²) in [6.07, 6.45) is 3.86. The van der Waals surface area contributed by atoms with Crippen molar-refractivity contribution >= 4 is 12.3 Å². The average Bonchev–Trinajstić information content (AvgIpc) is 2.99. The molecule has 1 aliphatic rings. The Hall–Kier alpha value is -1.16. The fourth-order valence-electron chi connectivity index (χ4n) is 1.35. The molecule has 2 N–H and O–H groups in total. The minimum Gasteiger partial charge on any atom is -0.483 e. The van der Waals surface area contributed by atoms with E-state index in [-0.39, 0.29) is 13.9 Å². The standard InChI is InChI=1S/C8H15NO.2C2H6.C2H4.CH2O2.CH4/c1-2-8(10)6-7-4-3-5-9-7;3*1-2;2-1-3;/h7,9H,2-6H2,1H3;2*1-2H3;1-2H2;1H,(H,2,3);1H4. The van der Waals surface area contributed by atoms with Gasteiger partial charge in [-0.1, -0.05) is 42.0 Å². The van der Waals surface area contributed by atoms with Crippen molar-refractivity contribution in [3.05, 3.63) is 13.2 Å². The van der Waals surface area contributed by atoms with Crippen LogP contribution in [0.1, 0.15) is 67.7 Å². The molecule has 1 aliphatic heterocycles. The largest absolute Gasteiger partial charge is 0.483 e. The van der Waals surface area contributed by atoms with E-state index < -0.39 is 0 Å². The van der Waals surface area contributed by atoms with Gasteiger partial charge in [-0.15, -0.1) is 13.2 Å². The van der Waals surface area contributed by atoms with Gasteiger partial charge in [0.25, 0.3) is 6.47 Å². The first kappa shape index (κ1) is 31.3. The van der Waals surface area contributed by atoms with E-state index in [0.29, 0.717) is 18.2 Å². The molecule has 0 aromatic heterocycles. The number of hydrogen-bond acceptors (Lipinski definition) is 3. The van der Waals surface area contributed by atoms with Crippen molar-refractivity contribution in [1.29, 1.82) is 0 Å². The van der Waals surface area contributed by atoms with Gasteiger partial charge in [0.15, 0.2) is 0 Å². The van der Waals surface area contributed by atoms with E-state index in [4.69, 9.17) is 9.90 Å². The lowest BCUT2D eigenvalue weighted by Crippen LogP contribution is -2.24. The maximum atomic E-state index is 10.9. The van der Waals surface area contributed by atoms with Crippen molar-refractivity contribution in [2.75, 3.05) is 6.54 Å². The molecule has 0 amide bonds. The van der Waals surface area contributed by atoms with Crippen molar-refractivity contribution < 1.29 is 14.7 Å². The van der Waals surface area contributed by atoms with Gasteiger partial charge in [-0.05, 0) is 19.4 Å². The number of carboxylic acid groups (broad SMARTS) is 1. The van der Waals surface area contributed by atoms with Crippen molar-refractivity contribution in [2.45, 2.75) is 73.8 Å². The van der Waals surface area contributed by atoms with Gasteiger partial charge in [0.05, 0.1) is 0 Å². The van der Waals surface area contributed by atoms with Crippen LogP contribution in [0.4, 0.5) is 0 Å². The van der Waals surface area contributed by atoms with Gasteiger partial charge in [-0.3, -0.25) is 9.59 Å². The Labute approximate surface area is 126 Å². The highest BCUT2D eigenvalue weighted by molar-refractivity contribution is 5.78. The normalized spacial score (nSPS) is 13.9. The first-order chi connectivity index (χ1) is 9.24. The quantitative estimate of drug-likeness (QED) is 0.601. The Morgan fingerprint density at radius 3 is 1.95 bits per heavy atom. The van der Waals surface area contributed by atoms with Crippen LogP contribution in [0, 0.1) is 0 Å². The van der Waals surface area contributed by atoms with Crippen LogP contribution in [-0.4, -0.2) is 29.9 Å². The summed E-state index contributed by atoms with van der Waals surface area (Å²) in [4.78, 5) is 19.3. The minimum atomic E-state index is -0.250. The molecule has 0 radical (unpaired) electrons. The molecule has 0 aromatic carbocycles. The summed E-state index contributed by atoms with van der Waals surface area (Å²) in [6.45, 7) is 16.8. The lowest BCUT2D eigenvalue weighted by atomic mass is 10.1. The molecule has 0 aliphatic carbocycles. The maximum absolute atomic E-state index is 10.9. The van der Waals surface area contributed by atoms with Gasteiger partial charge in [0.1, 0.15) is 5.78 Å². The van der Waals surface area contributed by atoms with Gasteiger partial charge >= 0.3 is 0 Å². The van der Waals surface area contributed by atoms with Gasteiger partial charge in [-0.2, -0.15) is 0 Å². The molecule has 4 heteroatoms. The summed E-state index contributed by atoms with van der Waals surface area (Å²) in [6, 6.07) is 0.493. The van der Waals surface area contributed by atoms with Crippen LogP contribution in [0.25, 0.3) is 0 Å². The predicted molar refractivity (Wildman–Crippen MR) is 90.3 cm³/mol. The van der Waals surface area contributed by atoms with Gasteiger partial charge in [0, 0.05) is 18.9 Å². The molecular weight excluding hydrogens is 254 g/mol. The molecule has 4 nitrogen and oxygen atoms in total. The van der Waals surface area contributed by atoms with Crippen LogP contribution in [0.3, 0.4) is 0 Å². The Bertz CT molecular complexity index is 167. The Kier molecular flexibility index (Phi) is 56.5. The Morgan fingerprint density at radius 2 is 1.70 bits per heavy atom. The number of Topliss-reactive ketones (excluding diaryl/α,β-unsaturated/α-hetero) is 1. The van der Waals surface area contributed by atoms with Crippen LogP contribution < -0.4 is 5.32 Å². The molecular formula is C16H37NO3. The third-order valence-electron chi connectivity index (χ3n) is 2.03. The molecule has 1 heterocycles. The monoisotopic (exact) mass is 291 g/mol. The number of rotatable bonds is 3. The highest BCUT2D eigenvalue weighted by Crippen LogP contribution is 2.09. The molecule has 1 atom stereocenters. The lowest BCUT2D eigenvalue weighted by molar-refractivity contribution is -0.123. The molecule has 1 saturated heterocycles. The Morgan fingerprint density at radius 1 is 1.30 bits per heavy atom. The van der Waals surface area contributed by atoms with Gasteiger partial charge < -0.3 is 10.4 Å². The molecule has 0 bridgehead atoms. The second-order valence-electron chi connectivity index (χ2n) is 3.00. The molecule has 1 rings (SSSR count). The zero-order chi connectivity index (χ0) is 16.1. The van der Waals surface area contributed by atoms with Crippen LogP contribution in [0.15, 0.2) is 13.2 Å². The molecule has 124 valence electrons. The molecule has 1 unspecified atom stereocenters. The highest BCUT2D eigenvalue weighted by Gasteiger charge is 2.15. The van der Waals surface area contributed by atoms with Gasteiger partial charge in [0.2, 0.25) is 0 Å². The summed E-state index contributed by atoms with van der Waals surface area (Å²) in [5.74, 6) is 0.388. The Balaban J connectivity index is -0.0000000642. The first-order valence-electron chi connectivity index (χ1n) is 7.07. The fourth-order valence-corrected chi connectivity index (χ4v) is 1.35. The summed E-state index contributed by atoms with van der Waals surface area (Å²) in [5, 5.41) is 10.2. The third-order valence-corrected chi connectivity index (χ3v) is 2.03. The zero-order valence-electron chi connectivity index (χ0n) is 13.4. The third kappa shape index (κ3) is 30.1.